The summed E-state index contributed by atoms with van der Waals surface area (Å²) in [6.45, 7) is 8.77. The molecule has 0 aliphatic carbocycles. The predicted molar refractivity (Wildman–Crippen MR) is 453 cm³/mol. The summed E-state index contributed by atoms with van der Waals surface area (Å²) in [5, 5.41) is 41.0. The number of rotatable bonds is 12. The van der Waals surface area contributed by atoms with Crippen molar-refractivity contribution in [2.45, 2.75) is 6.92 Å². The Balaban J connectivity index is 0.000000178. The van der Waals surface area contributed by atoms with E-state index in [1.54, 1.807) is 105 Å². The fraction of sp³-hybridized carbons (Fsp3) is 0.0104. The zero-order valence-corrected chi connectivity index (χ0v) is 74.4. The molecule has 0 saturated carbocycles. The summed E-state index contributed by atoms with van der Waals surface area (Å²) in [5.74, 6) is -2.49. The quantitative estimate of drug-likeness (QED) is 0.107. The third-order valence-corrected chi connectivity index (χ3v) is 16.6. The topological polar surface area (TPSA) is 298 Å². The van der Waals surface area contributed by atoms with Crippen molar-refractivity contribution >= 4 is 11.7 Å². The van der Waals surface area contributed by atoms with E-state index in [0.29, 0.717) is 11.4 Å². The number of hydrogen-bond acceptors (Lipinski definition) is 17. The molecule has 0 bridgehead atoms. The Morgan fingerprint density at radius 2 is 0.774 bits per heavy atom. The second kappa shape index (κ2) is 51.3. The Morgan fingerprint density at radius 1 is 0.419 bits per heavy atom. The molecule has 19 aromatic rings. The standard InChI is InChI=1S/C18H14O.C17H13N2.2C15H10N3.C12H5F2N2.C11H7N5.C6H5NO2.C2H2N3.2Ir.2Pt/c19-18-16(14-8-3-1-4-9-14)12-7-13-17(18)15-10-5-2-6-11-15;1-13-10-14(16-6-2-4-8-18-16)12-15(11-13)17-7-3-5-9-19-17;2*1-3-7-17-14(5-1)12-9-13(11-16-10-12)15-6-2-4-8-18-15;1-15-12-9(13)6-5-8(11(12)14)10-4-2-3-7-16-10;1-2-8(10-4-6-12-15-10)14-9(3-1)11-5-7-13-16-11;8-6(9)5-3-1-2-4-7-5;1-3-2-5-4-1;;;;/h1-13,19H;2-11H,1H3;2*1-8,10-11H;2-4,6-7H;1-7H;1-4H,(H,8,9);1-2H;;;;/q;4*-1;-2;;-1;;+3;;+2. The van der Waals surface area contributed by atoms with E-state index in [1.807, 2.05) is 218 Å². The summed E-state index contributed by atoms with van der Waals surface area (Å²) < 4.78 is 26.7. The SMILES string of the molecule is Cc1cc(-c2ccccn2)[c-]c(-c2ccccn2)c1.O=C(O)c1ccccn1.Oc1c(-c2ccccc2)cccc1-c1ccccc1.[C-]#[N+]c1c(F)c[c-]c(-c2ccccn2)c1F.[Ir+3].[Ir].[Pt+2].[Pt].[c-]1c(-c2ccccn2)cncc1-c1ccccn1.[c-]1c(-c2ccccn2)cncc1-c1ccccn1.c1cc(-c2ccn[n-]2)nc(-c2ccn[n-]2)c1.c1nc[n-]n1. The van der Waals surface area contributed by atoms with E-state index in [2.05, 4.69) is 139 Å². The molecule has 19 rings (SSSR count). The molecule has 14 heterocycles. The third kappa shape index (κ3) is 28.4. The molecule has 1 radical (unpaired) electrons. The average molecular weight is 2350 g/mol. The summed E-state index contributed by atoms with van der Waals surface area (Å²) in [6.07, 6.45) is 26.7. The van der Waals surface area contributed by atoms with Crippen molar-refractivity contribution in [2.75, 3.05) is 0 Å². The van der Waals surface area contributed by atoms with Gasteiger partial charge in [-0.1, -0.05) is 246 Å². The van der Waals surface area contributed by atoms with E-state index in [0.717, 1.165) is 119 Å². The van der Waals surface area contributed by atoms with Gasteiger partial charge in [0.05, 0.1) is 18.0 Å². The Morgan fingerprint density at radius 3 is 1.09 bits per heavy atom. The first kappa shape index (κ1) is 95.1. The van der Waals surface area contributed by atoms with E-state index in [4.69, 9.17) is 11.7 Å². The van der Waals surface area contributed by atoms with Crippen molar-refractivity contribution in [3.63, 3.8) is 0 Å². The van der Waals surface area contributed by atoms with Crippen LogP contribution in [0.1, 0.15) is 16.1 Å². The Kier molecular flexibility index (Phi) is 39.3. The number of carbonyl (C=O) groups is 1. The van der Waals surface area contributed by atoms with Gasteiger partial charge in [0.2, 0.25) is 0 Å². The second-order valence-corrected chi connectivity index (χ2v) is 24.8. The van der Waals surface area contributed by atoms with E-state index in [-0.39, 0.29) is 93.6 Å². The maximum Gasteiger partial charge on any atom is 3.00 e. The fourth-order valence-electron chi connectivity index (χ4n) is 11.1. The number of carboxylic acid groups (broad SMARTS) is 1. The number of aryl methyl sites for hydroxylation is 1. The van der Waals surface area contributed by atoms with Gasteiger partial charge >= 0.3 is 47.1 Å². The minimum absolute atomic E-state index is 0. The molecular formula is C96H66F2Ir2N19O3Pt2-2. The van der Waals surface area contributed by atoms with Crippen LogP contribution in [0.5, 0.6) is 5.75 Å². The minimum atomic E-state index is -0.990. The fourth-order valence-corrected chi connectivity index (χ4v) is 11.1. The van der Waals surface area contributed by atoms with Crippen LogP contribution in [0.3, 0.4) is 0 Å². The minimum Gasteiger partial charge on any atom is -0.574 e. The first-order chi connectivity index (χ1) is 59.0. The second-order valence-electron chi connectivity index (χ2n) is 24.8. The van der Waals surface area contributed by atoms with Gasteiger partial charge in [0.15, 0.2) is 5.69 Å². The molecule has 2 N–H and O–H groups in total. The van der Waals surface area contributed by atoms with Crippen LogP contribution in [0, 0.1) is 49.4 Å². The number of halogens is 2. The molecule has 0 aliphatic rings. The zero-order valence-electron chi connectivity index (χ0n) is 65.1. The van der Waals surface area contributed by atoms with Crippen molar-refractivity contribution in [1.29, 1.82) is 0 Å². The van der Waals surface area contributed by atoms with Gasteiger partial charge in [0, 0.05) is 166 Å². The number of carboxylic acids is 1. The van der Waals surface area contributed by atoms with Crippen LogP contribution >= 0.6 is 0 Å². The van der Waals surface area contributed by atoms with Crippen molar-refractivity contribution in [3.05, 3.63) is 431 Å². The van der Waals surface area contributed by atoms with Crippen LogP contribution in [0.4, 0.5) is 14.5 Å². The van der Waals surface area contributed by atoms with Crippen molar-refractivity contribution in [1.82, 2.24) is 90.4 Å². The predicted octanol–water partition coefficient (Wildman–Crippen LogP) is 19.4. The number of para-hydroxylation sites is 1. The van der Waals surface area contributed by atoms with Crippen LogP contribution in [-0.2, 0) is 82.3 Å². The monoisotopic (exact) mass is 2350 g/mol. The van der Waals surface area contributed by atoms with Crippen LogP contribution in [0.15, 0.2) is 372 Å². The molecule has 124 heavy (non-hydrogen) atoms. The van der Waals surface area contributed by atoms with Gasteiger partial charge in [0.25, 0.3) is 0 Å². The maximum atomic E-state index is 13.7. The van der Waals surface area contributed by atoms with Gasteiger partial charge in [-0.25, -0.2) is 9.78 Å². The number of phenolic OH excluding ortho intramolecular Hbond substituents is 1. The Labute approximate surface area is 769 Å². The van der Waals surface area contributed by atoms with Crippen molar-refractivity contribution in [2.24, 2.45) is 0 Å². The summed E-state index contributed by atoms with van der Waals surface area (Å²) >= 11 is 0. The Bertz CT molecular complexity index is 5910. The van der Waals surface area contributed by atoms with E-state index in [9.17, 15) is 18.7 Å². The van der Waals surface area contributed by atoms with Crippen LogP contribution in [0.25, 0.3) is 129 Å². The molecule has 617 valence electrons. The summed E-state index contributed by atoms with van der Waals surface area (Å²) in [4.78, 5) is 62.8. The normalized spacial score (nSPS) is 9.73. The van der Waals surface area contributed by atoms with Crippen molar-refractivity contribution < 1.29 is 106 Å². The summed E-state index contributed by atoms with van der Waals surface area (Å²) in [7, 11) is 0. The van der Waals surface area contributed by atoms with E-state index in [1.165, 1.54) is 36.7 Å². The average Bonchev–Trinajstić information content (AvgIpc) is 1.08. The number of nitrogens with zero attached hydrogens (tertiary/aromatic N) is 19. The molecule has 0 spiro atoms. The number of pyridine rings is 11. The van der Waals surface area contributed by atoms with Gasteiger partial charge < -0.3 is 55.6 Å². The van der Waals surface area contributed by atoms with Gasteiger partial charge in [-0.05, 0) is 108 Å². The molecule has 0 atom stereocenters. The van der Waals surface area contributed by atoms with E-state index >= 15 is 0 Å². The number of benzene rings is 5. The van der Waals surface area contributed by atoms with Gasteiger partial charge in [-0.15, -0.1) is 53.6 Å². The molecule has 5 aromatic carbocycles. The molecule has 0 amide bonds. The van der Waals surface area contributed by atoms with Crippen molar-refractivity contribution in [3.8, 4) is 130 Å². The summed E-state index contributed by atoms with van der Waals surface area (Å²) in [5.41, 5.74) is 18.7. The molecule has 0 fully saturated rings. The smallest absolute Gasteiger partial charge is 0.574 e. The van der Waals surface area contributed by atoms with Gasteiger partial charge in [-0.2, -0.15) is 0 Å². The molecule has 28 heteroatoms. The summed E-state index contributed by atoms with van der Waals surface area (Å²) in [6, 6.07) is 97.2. The van der Waals surface area contributed by atoms with Crippen LogP contribution in [0.2, 0.25) is 0 Å². The number of hydrogen-bond donors (Lipinski definition) is 2. The first-order valence-corrected chi connectivity index (χ1v) is 36.7. The molecule has 0 saturated heterocycles. The van der Waals surface area contributed by atoms with Gasteiger partial charge in [0.1, 0.15) is 11.4 Å². The Hall–Kier alpha value is -14.4. The first-order valence-electron chi connectivity index (χ1n) is 36.7. The molecule has 0 unspecified atom stereocenters. The number of aromatic carboxylic acids is 1. The van der Waals surface area contributed by atoms with Crippen LogP contribution in [-0.4, -0.2) is 91.3 Å². The molecular weight excluding hydrogens is 2280 g/mol. The molecule has 0 aliphatic heterocycles. The molecule has 22 nitrogen and oxygen atoms in total. The largest absolute Gasteiger partial charge is 3.00 e. The van der Waals surface area contributed by atoms with E-state index < -0.39 is 23.3 Å². The van der Waals surface area contributed by atoms with Gasteiger partial charge in [-0.3, -0.25) is 53.6 Å². The number of aromatic nitrogens is 18. The number of phenols is 1. The van der Waals surface area contributed by atoms with Crippen LogP contribution < -0.4 is 15.3 Å². The molecule has 14 aromatic heterocycles. The maximum absolute atomic E-state index is 13.7. The zero-order chi connectivity index (χ0) is 83.1. The third-order valence-electron chi connectivity index (χ3n) is 16.6. The number of aromatic hydroxyl groups is 1.